The van der Waals surface area contributed by atoms with E-state index >= 15 is 0 Å². The second-order valence-electron chi connectivity index (χ2n) is 4.42. The van der Waals surface area contributed by atoms with Gasteiger partial charge in [0.25, 0.3) is 0 Å². The quantitative estimate of drug-likeness (QED) is 0.648. The molecule has 21 heavy (non-hydrogen) atoms. The highest BCUT2D eigenvalue weighted by Crippen LogP contribution is 2.33. The van der Waals surface area contributed by atoms with Crippen molar-refractivity contribution in [2.75, 3.05) is 6.61 Å². The van der Waals surface area contributed by atoms with Crippen molar-refractivity contribution in [2.45, 2.75) is 6.92 Å². The number of para-hydroxylation sites is 1. The number of nitrogens with zero attached hydrogens (tertiary/aromatic N) is 1. The summed E-state index contributed by atoms with van der Waals surface area (Å²) < 4.78 is 8.03. The number of fused-ring (bicyclic) bond motifs is 1. The highest BCUT2D eigenvalue weighted by Gasteiger charge is 2.14. The van der Waals surface area contributed by atoms with E-state index < -0.39 is 0 Å². The zero-order chi connectivity index (χ0) is 15.0. The Balaban J connectivity index is 2.34. The van der Waals surface area contributed by atoms with E-state index in [4.69, 9.17) is 40.2 Å². The van der Waals surface area contributed by atoms with Crippen LogP contribution in [-0.4, -0.2) is 16.2 Å². The Morgan fingerprint density at radius 1 is 1.19 bits per heavy atom. The summed E-state index contributed by atoms with van der Waals surface area (Å²) in [5, 5.41) is 0.962. The number of hydrogen-bond acceptors (Lipinski definition) is 2. The predicted octanol–water partition coefficient (Wildman–Crippen LogP) is 5.39. The summed E-state index contributed by atoms with van der Waals surface area (Å²) in [6, 6.07) is 11.3. The van der Waals surface area contributed by atoms with E-state index in [1.807, 2.05) is 41.8 Å². The number of aromatic nitrogens is 2. The minimum atomic E-state index is 0.470. The lowest BCUT2D eigenvalue weighted by Gasteiger charge is -2.09. The molecule has 0 fully saturated rings. The molecule has 1 heterocycles. The minimum Gasteiger partial charge on any atom is -0.492 e. The Labute approximate surface area is 137 Å². The number of nitrogens with one attached hydrogen (secondary N) is 1. The Bertz CT molecular complexity index is 870. The Morgan fingerprint density at radius 2 is 1.95 bits per heavy atom. The van der Waals surface area contributed by atoms with Gasteiger partial charge in [-0.2, -0.15) is 0 Å². The van der Waals surface area contributed by atoms with Crippen molar-refractivity contribution < 1.29 is 4.74 Å². The summed E-state index contributed by atoms with van der Waals surface area (Å²) in [4.78, 5) is 3.18. The molecule has 3 nitrogen and oxygen atoms in total. The zero-order valence-electron chi connectivity index (χ0n) is 11.2. The molecular formula is C15H12Cl2N2OS. The molecule has 108 valence electrons. The van der Waals surface area contributed by atoms with Crippen molar-refractivity contribution in [2.24, 2.45) is 0 Å². The number of ether oxygens (including phenoxy) is 1. The van der Waals surface area contributed by atoms with E-state index in [1.54, 1.807) is 6.07 Å². The third kappa shape index (κ3) is 2.44. The van der Waals surface area contributed by atoms with Crippen molar-refractivity contribution in [1.29, 1.82) is 0 Å². The summed E-state index contributed by atoms with van der Waals surface area (Å²) in [5.74, 6) is 0.762. The Kier molecular flexibility index (Phi) is 3.93. The normalized spacial score (nSPS) is 11.0. The Morgan fingerprint density at radius 3 is 2.71 bits per heavy atom. The highest BCUT2D eigenvalue weighted by atomic mass is 35.5. The van der Waals surface area contributed by atoms with Crippen LogP contribution in [0.4, 0.5) is 0 Å². The van der Waals surface area contributed by atoms with Gasteiger partial charge >= 0.3 is 0 Å². The SMILES string of the molecule is CCOc1cccc2c1[nH]c(=S)n2-c1cccc(Cl)c1Cl. The molecule has 1 N–H and O–H groups in total. The van der Waals surface area contributed by atoms with Crippen molar-refractivity contribution in [3.05, 3.63) is 51.2 Å². The third-order valence-corrected chi connectivity index (χ3v) is 4.25. The monoisotopic (exact) mass is 338 g/mol. The number of halogens is 2. The van der Waals surface area contributed by atoms with Gasteiger partial charge in [0.05, 0.1) is 27.9 Å². The molecule has 0 unspecified atom stereocenters. The molecule has 0 amide bonds. The summed E-state index contributed by atoms with van der Waals surface area (Å²) in [7, 11) is 0. The molecule has 6 heteroatoms. The van der Waals surface area contributed by atoms with Crippen molar-refractivity contribution in [1.82, 2.24) is 9.55 Å². The van der Waals surface area contributed by atoms with E-state index in [1.165, 1.54) is 0 Å². The minimum absolute atomic E-state index is 0.470. The lowest BCUT2D eigenvalue weighted by molar-refractivity contribution is 0.343. The number of benzene rings is 2. The number of H-pyrrole nitrogens is 1. The van der Waals surface area contributed by atoms with E-state index in [0.717, 1.165) is 22.5 Å². The maximum Gasteiger partial charge on any atom is 0.182 e. The molecule has 1 aromatic heterocycles. The zero-order valence-corrected chi connectivity index (χ0v) is 13.5. The standard InChI is InChI=1S/C15H12Cl2N2OS/c1-2-20-12-8-4-7-11-14(12)18-15(21)19(11)10-6-3-5-9(16)13(10)17/h3-8H,2H2,1H3,(H,18,21). The average Bonchev–Trinajstić information content (AvgIpc) is 2.80. The van der Waals surface area contributed by atoms with Gasteiger partial charge in [-0.15, -0.1) is 0 Å². The van der Waals surface area contributed by atoms with Crippen LogP contribution in [0.1, 0.15) is 6.92 Å². The van der Waals surface area contributed by atoms with Crippen LogP contribution < -0.4 is 4.74 Å². The molecule has 0 bridgehead atoms. The van der Waals surface area contributed by atoms with Gasteiger partial charge in [-0.3, -0.25) is 4.57 Å². The fourth-order valence-corrected chi connectivity index (χ4v) is 2.96. The van der Waals surface area contributed by atoms with Crippen LogP contribution in [0.3, 0.4) is 0 Å². The van der Waals surface area contributed by atoms with Crippen LogP contribution in [0.25, 0.3) is 16.7 Å². The number of aromatic amines is 1. The van der Waals surface area contributed by atoms with Crippen LogP contribution in [0, 0.1) is 4.77 Å². The molecule has 2 aromatic carbocycles. The molecule has 0 aliphatic carbocycles. The summed E-state index contributed by atoms with van der Waals surface area (Å²) >= 11 is 17.8. The van der Waals surface area contributed by atoms with Crippen LogP contribution in [0.15, 0.2) is 36.4 Å². The molecule has 0 aliphatic rings. The molecule has 0 saturated carbocycles. The molecular weight excluding hydrogens is 327 g/mol. The first-order chi connectivity index (χ1) is 10.1. The van der Waals surface area contributed by atoms with E-state index in [9.17, 15) is 0 Å². The molecule has 0 aliphatic heterocycles. The maximum atomic E-state index is 6.31. The van der Waals surface area contributed by atoms with Gasteiger partial charge in [0, 0.05) is 0 Å². The molecule has 3 aromatic rings. The van der Waals surface area contributed by atoms with Crippen molar-refractivity contribution in [3.63, 3.8) is 0 Å². The van der Waals surface area contributed by atoms with E-state index in [2.05, 4.69) is 4.98 Å². The lowest BCUT2D eigenvalue weighted by Crippen LogP contribution is -1.96. The molecule has 0 atom stereocenters. The Hall–Kier alpha value is -1.49. The van der Waals surface area contributed by atoms with Crippen LogP contribution in [0.2, 0.25) is 10.0 Å². The van der Waals surface area contributed by atoms with Gasteiger partial charge < -0.3 is 9.72 Å². The second-order valence-corrected chi connectivity index (χ2v) is 5.59. The summed E-state index contributed by atoms with van der Waals surface area (Å²) in [6.07, 6.45) is 0. The molecule has 0 spiro atoms. The van der Waals surface area contributed by atoms with Gasteiger partial charge in [-0.05, 0) is 43.4 Å². The fourth-order valence-electron chi connectivity index (χ4n) is 2.28. The number of rotatable bonds is 3. The van der Waals surface area contributed by atoms with Crippen molar-refractivity contribution in [3.8, 4) is 11.4 Å². The maximum absolute atomic E-state index is 6.31. The third-order valence-electron chi connectivity index (χ3n) is 3.15. The van der Waals surface area contributed by atoms with Crippen LogP contribution in [-0.2, 0) is 0 Å². The largest absolute Gasteiger partial charge is 0.492 e. The number of hydrogen-bond donors (Lipinski definition) is 1. The molecule has 3 rings (SSSR count). The predicted molar refractivity (Wildman–Crippen MR) is 89.6 cm³/mol. The summed E-state index contributed by atoms with van der Waals surface area (Å²) in [5.41, 5.74) is 2.49. The van der Waals surface area contributed by atoms with Gasteiger partial charge in [-0.25, -0.2) is 0 Å². The first kappa shape index (κ1) is 14.4. The average molecular weight is 339 g/mol. The smallest absolute Gasteiger partial charge is 0.182 e. The van der Waals surface area contributed by atoms with E-state index in [0.29, 0.717) is 21.4 Å². The van der Waals surface area contributed by atoms with Gasteiger partial charge in [-0.1, -0.05) is 35.3 Å². The fraction of sp³-hybridized carbons (Fsp3) is 0.133. The van der Waals surface area contributed by atoms with Crippen LogP contribution in [0.5, 0.6) is 5.75 Å². The van der Waals surface area contributed by atoms with Crippen LogP contribution >= 0.6 is 35.4 Å². The highest BCUT2D eigenvalue weighted by molar-refractivity contribution is 7.71. The van der Waals surface area contributed by atoms with Gasteiger partial charge in [0.15, 0.2) is 4.77 Å². The second kappa shape index (κ2) is 5.72. The lowest BCUT2D eigenvalue weighted by atomic mass is 10.2. The molecule has 0 saturated heterocycles. The number of imidazole rings is 1. The van der Waals surface area contributed by atoms with Crippen molar-refractivity contribution >= 4 is 46.5 Å². The van der Waals surface area contributed by atoms with Gasteiger partial charge in [0.1, 0.15) is 11.3 Å². The first-order valence-electron chi connectivity index (χ1n) is 6.44. The molecule has 0 radical (unpaired) electrons. The summed E-state index contributed by atoms with van der Waals surface area (Å²) in [6.45, 7) is 2.53. The van der Waals surface area contributed by atoms with E-state index in [-0.39, 0.29) is 0 Å². The van der Waals surface area contributed by atoms with Gasteiger partial charge in [0.2, 0.25) is 0 Å². The first-order valence-corrected chi connectivity index (χ1v) is 7.61. The topological polar surface area (TPSA) is 29.9 Å².